The molecule has 2 aliphatic rings. The number of carbonyl (C=O) groups excluding carboxylic acids is 1. The topological polar surface area (TPSA) is 124 Å². The van der Waals surface area contributed by atoms with E-state index in [-0.39, 0.29) is 135 Å². The van der Waals surface area contributed by atoms with Gasteiger partial charge in [0, 0.05) is 40.4 Å². The number of likely N-dealkylation sites (tertiary alicyclic amines) is 1. The molecule has 2 fully saturated rings. The number of hydrogen-bond acceptors (Lipinski definition) is 9. The summed E-state index contributed by atoms with van der Waals surface area (Å²) < 4.78 is 9.95. The Kier molecular flexibility index (Phi) is 36.7. The molecule has 0 amide bonds. The van der Waals surface area contributed by atoms with Crippen LogP contribution in [0.1, 0.15) is 1.43 Å². The summed E-state index contributed by atoms with van der Waals surface area (Å²) >= 11 is 4.95. The number of nitrogens with zero attached hydrogens (tertiary/aromatic N) is 1. The number of methoxy groups -OCH3 is 2. The Morgan fingerprint density at radius 1 is 1.17 bits per heavy atom. The molecule has 0 radical (unpaired) electrons. The fraction of sp³-hybridized carbons (Fsp3) is 0.706. The summed E-state index contributed by atoms with van der Waals surface area (Å²) in [4.78, 5) is 13.2. The maximum Gasteiger partial charge on any atom is 1.00 e. The summed E-state index contributed by atoms with van der Waals surface area (Å²) in [6, 6.07) is 0. The maximum absolute atomic E-state index is 9.35. The minimum absolute atomic E-state index is 0. The van der Waals surface area contributed by atoms with Crippen LogP contribution in [0.25, 0.3) is 0 Å². The second kappa shape index (κ2) is 27.9. The Labute approximate surface area is 264 Å². The average molecular weight is 487 g/mol. The van der Waals surface area contributed by atoms with Crippen LogP contribution >= 0.6 is 11.6 Å². The number of nitrogens with one attached hydrogen (secondary N) is 1. The quantitative estimate of drug-likeness (QED) is 0.0887. The van der Waals surface area contributed by atoms with Gasteiger partial charge >= 0.3 is 103 Å². The van der Waals surface area contributed by atoms with Gasteiger partial charge in [-0.15, -0.1) is 24.4 Å². The summed E-state index contributed by atoms with van der Waals surface area (Å²) in [6.07, 6.45) is 9.03. The van der Waals surface area contributed by atoms with Gasteiger partial charge in [0.2, 0.25) is 0 Å². The van der Waals surface area contributed by atoms with E-state index in [0.717, 1.165) is 13.1 Å². The van der Waals surface area contributed by atoms with Crippen molar-refractivity contribution in [1.82, 2.24) is 10.2 Å². The van der Waals surface area contributed by atoms with E-state index in [2.05, 4.69) is 28.5 Å². The summed E-state index contributed by atoms with van der Waals surface area (Å²) in [7, 11) is 3.22. The molecule has 9 nitrogen and oxygen atoms in total. The van der Waals surface area contributed by atoms with E-state index in [1.54, 1.807) is 14.2 Å². The van der Waals surface area contributed by atoms with Crippen molar-refractivity contribution in [1.29, 1.82) is 0 Å². The molecule has 0 saturated carbocycles. The Hall–Kier alpha value is 1.87. The van der Waals surface area contributed by atoms with Crippen LogP contribution in [0.2, 0.25) is 0 Å². The Balaban J connectivity index is -0.0000000978. The van der Waals surface area contributed by atoms with Crippen molar-refractivity contribution >= 4 is 18.1 Å². The van der Waals surface area contributed by atoms with Gasteiger partial charge in [-0.25, -0.2) is 0 Å². The number of aliphatic hydroxyl groups excluding tert-OH is 2. The number of β-amino-alcohol motifs (C(OH)–C–C–N with tert-alkyl or cyclic N) is 2. The molecule has 0 aromatic carbocycles. The van der Waals surface area contributed by atoms with Gasteiger partial charge in [0.1, 0.15) is 0 Å². The smallest absolute Gasteiger partial charge is 1.00 e. The van der Waals surface area contributed by atoms with E-state index < -0.39 is 0 Å². The van der Waals surface area contributed by atoms with Crippen molar-refractivity contribution in [2.24, 2.45) is 0 Å². The third-order valence-electron chi connectivity index (χ3n) is 3.48. The van der Waals surface area contributed by atoms with Crippen molar-refractivity contribution in [3.8, 4) is 24.7 Å². The van der Waals surface area contributed by atoms with Gasteiger partial charge in [0.05, 0.1) is 36.8 Å². The first-order valence-corrected chi connectivity index (χ1v) is 8.48. The van der Waals surface area contributed by atoms with Crippen LogP contribution in [0, 0.1) is 24.7 Å². The first-order valence-electron chi connectivity index (χ1n) is 7.95. The van der Waals surface area contributed by atoms with Crippen LogP contribution in [-0.2, 0) is 19.2 Å². The van der Waals surface area contributed by atoms with E-state index in [1.807, 2.05) is 4.90 Å². The number of hydrogen-bond donors (Lipinski definition) is 3. The van der Waals surface area contributed by atoms with Crippen LogP contribution in [0.15, 0.2) is 0 Å². The molecule has 0 aromatic heterocycles. The number of ether oxygens (including phenoxy) is 2. The third-order valence-corrected chi connectivity index (χ3v) is 3.63. The van der Waals surface area contributed by atoms with E-state index in [4.69, 9.17) is 42.7 Å². The molecule has 0 bridgehead atoms. The van der Waals surface area contributed by atoms with Gasteiger partial charge in [0.25, 0.3) is 6.47 Å². The minimum Gasteiger partial charge on any atom is -1.00 e. The Bertz CT molecular complexity index is 459. The van der Waals surface area contributed by atoms with Crippen molar-refractivity contribution in [2.45, 2.75) is 24.4 Å². The summed E-state index contributed by atoms with van der Waals surface area (Å²) in [6.45, 7) is 3.22. The molecule has 0 aromatic rings. The van der Waals surface area contributed by atoms with Crippen molar-refractivity contribution < 1.29 is 139 Å². The fourth-order valence-electron chi connectivity index (χ4n) is 2.20. The van der Waals surface area contributed by atoms with Gasteiger partial charge in [-0.3, -0.25) is 9.69 Å². The van der Waals surface area contributed by atoms with Gasteiger partial charge in [0.15, 0.2) is 0 Å². The molecule has 4 atom stereocenters. The summed E-state index contributed by atoms with van der Waals surface area (Å²) in [5.74, 6) is 5.05. The number of alkyl halides is 1. The van der Waals surface area contributed by atoms with E-state index >= 15 is 0 Å². The van der Waals surface area contributed by atoms with Crippen molar-refractivity contribution in [3.05, 3.63) is 0 Å². The second-order valence-electron chi connectivity index (χ2n) is 5.27. The van der Waals surface area contributed by atoms with Gasteiger partial charge in [-0.1, -0.05) is 11.8 Å². The van der Waals surface area contributed by atoms with Crippen LogP contribution in [0.3, 0.4) is 0 Å². The largest absolute Gasteiger partial charge is 1.00 e. The molecule has 29 heavy (non-hydrogen) atoms. The maximum atomic E-state index is 9.35. The molecule has 2 rings (SSSR count). The molecule has 0 unspecified atom stereocenters. The number of terminal acetylenes is 2. The van der Waals surface area contributed by atoms with Crippen LogP contribution in [-0.4, -0.2) is 98.8 Å². The normalized spacial score (nSPS) is 24.1. The van der Waals surface area contributed by atoms with Gasteiger partial charge in [-0.05, 0) is 0 Å². The molecule has 158 valence electrons. The Morgan fingerprint density at radius 3 is 1.93 bits per heavy atom. The average Bonchev–Trinajstić information content (AvgIpc) is 3.27. The predicted molar refractivity (Wildman–Crippen MR) is 99.6 cm³/mol. The zero-order valence-corrected chi connectivity index (χ0v) is 24.5. The van der Waals surface area contributed by atoms with Crippen LogP contribution in [0.4, 0.5) is 0 Å². The zero-order valence-electron chi connectivity index (χ0n) is 18.5. The van der Waals surface area contributed by atoms with Crippen LogP contribution in [0.5, 0.6) is 0 Å². The molecule has 2 heterocycles. The molecule has 3 N–H and O–H groups in total. The molecule has 2 saturated heterocycles. The third kappa shape index (κ3) is 21.5. The number of carbonyl (C=O) groups is 1. The summed E-state index contributed by atoms with van der Waals surface area (Å²) in [5.41, 5.74) is 0. The molecular formula is C17H29ClK2N2O7. The SMILES string of the molecule is C#CCCl.C#CCN1C[C@@H](O)[C@H](OC)C1.CO[C@@H]1CNC[C@H]1O.O=CO[O-].[H-].[K+].[K+]. The minimum atomic E-state index is -0.381. The molecule has 0 aliphatic carbocycles. The van der Waals surface area contributed by atoms with E-state index in [1.165, 1.54) is 0 Å². The van der Waals surface area contributed by atoms with Crippen LogP contribution < -0.4 is 113 Å². The number of aliphatic hydroxyl groups is 2. The fourth-order valence-corrected chi connectivity index (χ4v) is 2.20. The van der Waals surface area contributed by atoms with Crippen molar-refractivity contribution in [2.75, 3.05) is 52.8 Å². The van der Waals surface area contributed by atoms with Gasteiger partial charge in [-0.2, -0.15) is 0 Å². The molecule has 0 spiro atoms. The molecule has 2 aliphatic heterocycles. The van der Waals surface area contributed by atoms with E-state index in [9.17, 15) is 5.11 Å². The monoisotopic (exact) mass is 486 g/mol. The number of halogens is 1. The number of rotatable bonds is 4. The summed E-state index contributed by atoms with van der Waals surface area (Å²) in [5, 5.41) is 29.8. The predicted octanol–water partition coefficient (Wildman–Crippen LogP) is -8.31. The van der Waals surface area contributed by atoms with Crippen molar-refractivity contribution in [3.63, 3.8) is 0 Å². The zero-order chi connectivity index (χ0) is 21.1. The van der Waals surface area contributed by atoms with Gasteiger partial charge < -0.3 is 36.6 Å². The Morgan fingerprint density at radius 2 is 1.69 bits per heavy atom. The molecular weight excluding hydrogens is 458 g/mol. The first-order chi connectivity index (χ1) is 12.9. The van der Waals surface area contributed by atoms with E-state index in [0.29, 0.717) is 25.5 Å². The first kappa shape index (κ1) is 38.2. The second-order valence-corrected chi connectivity index (χ2v) is 5.54. The molecule has 12 heteroatoms. The standard InChI is InChI=1S/C8H13NO2.C5H11NO2.C3H3Cl.CH2O3.2K.H/c1-3-4-9-5-7(10)8(6-9)11-2;1-8-5-3-6-2-4(5)7;1-2-3-4;2-1-4-3;;;/h1,7-8,10H,4-6H2,2H3;4-7H,2-3H2,1H3;1H,3H2;1,3H;;;/q;;;;2*+1;-1/p-1/t7-,8-;4-,5-;;;;;/m11...../s1.